The summed E-state index contributed by atoms with van der Waals surface area (Å²) in [4.78, 5) is 12.3. The molecule has 0 aliphatic heterocycles. The quantitative estimate of drug-likeness (QED) is 0.109. The number of ether oxygens (including phenoxy) is 1. The molecule has 0 N–H and O–H groups in total. The minimum atomic E-state index is -0.133. The molecule has 0 heterocycles. The third kappa shape index (κ3) is 4.24. The Labute approximate surface area is 208 Å². The van der Waals surface area contributed by atoms with Gasteiger partial charge in [-0.2, -0.15) is 0 Å². The van der Waals surface area contributed by atoms with Crippen LogP contribution in [0.25, 0.3) is 32.3 Å². The molecule has 31 heavy (non-hydrogen) atoms. The van der Waals surface area contributed by atoms with Crippen molar-refractivity contribution < 1.29 is 9.53 Å². The lowest BCUT2D eigenvalue weighted by atomic mass is 9.90. The van der Waals surface area contributed by atoms with Crippen LogP contribution in [-0.4, -0.2) is 5.97 Å². The third-order valence-electron chi connectivity index (χ3n) is 5.83. The van der Waals surface area contributed by atoms with E-state index in [2.05, 4.69) is 112 Å². The van der Waals surface area contributed by atoms with Gasteiger partial charge in [0.25, 0.3) is 0 Å². The summed E-state index contributed by atoms with van der Waals surface area (Å²) in [5, 5.41) is 7.80. The number of carbonyl (C=O) groups is 1. The van der Waals surface area contributed by atoms with Crippen LogP contribution >= 0.6 is 45.2 Å². The highest BCUT2D eigenvalue weighted by Gasteiger charge is 2.11. The van der Waals surface area contributed by atoms with E-state index in [1.807, 2.05) is 6.07 Å². The molecule has 154 valence electrons. The Morgan fingerprint density at radius 1 is 0.774 bits per heavy atom. The van der Waals surface area contributed by atoms with Crippen molar-refractivity contribution in [2.75, 3.05) is 0 Å². The van der Waals surface area contributed by atoms with Crippen molar-refractivity contribution in [3.8, 4) is 0 Å². The van der Waals surface area contributed by atoms with Crippen molar-refractivity contribution in [2.45, 2.75) is 25.9 Å². The second kappa shape index (κ2) is 8.90. The second-order valence-electron chi connectivity index (χ2n) is 7.84. The van der Waals surface area contributed by atoms with Gasteiger partial charge in [0.1, 0.15) is 6.61 Å². The zero-order valence-corrected chi connectivity index (χ0v) is 21.1. The predicted octanol–water partition coefficient (Wildman–Crippen LogP) is 7.86. The summed E-state index contributed by atoms with van der Waals surface area (Å²) in [6.45, 7) is 0.338. The molecule has 0 aromatic heterocycles. The predicted molar refractivity (Wildman–Crippen MR) is 145 cm³/mol. The second-order valence-corrected chi connectivity index (χ2v) is 10.2. The van der Waals surface area contributed by atoms with Crippen LogP contribution in [0.2, 0.25) is 0 Å². The topological polar surface area (TPSA) is 26.3 Å². The summed E-state index contributed by atoms with van der Waals surface area (Å²) in [7, 11) is 0. The molecule has 0 amide bonds. The van der Waals surface area contributed by atoms with Gasteiger partial charge in [-0.05, 0) is 114 Å². The lowest BCUT2D eigenvalue weighted by molar-refractivity contribution is -0.145. The van der Waals surface area contributed by atoms with Gasteiger partial charge in [-0.3, -0.25) is 4.79 Å². The number of carbonyl (C=O) groups excluding carboxylic acids is 1. The Morgan fingerprint density at radius 3 is 2.26 bits per heavy atom. The molecule has 0 bridgehead atoms. The molecule has 0 atom stereocenters. The average Bonchev–Trinajstić information content (AvgIpc) is 2.79. The Kier molecular flexibility index (Phi) is 6.01. The fraction of sp³-hybridized carbons (Fsp3) is 0.148. The smallest absolute Gasteiger partial charge is 0.306 e. The van der Waals surface area contributed by atoms with Crippen LogP contribution in [0.3, 0.4) is 0 Å². The number of hydrogen-bond donors (Lipinski definition) is 0. The van der Waals surface area contributed by atoms with Crippen LogP contribution in [0.1, 0.15) is 24.0 Å². The Hall–Kier alpha value is -1.93. The molecule has 0 radical (unpaired) electrons. The number of aryl methyl sites for hydroxylation is 1. The first-order valence-electron chi connectivity index (χ1n) is 10.3. The zero-order valence-electron chi connectivity index (χ0n) is 16.8. The summed E-state index contributed by atoms with van der Waals surface area (Å²) in [5.74, 6) is -0.133. The summed E-state index contributed by atoms with van der Waals surface area (Å²) in [6.07, 6.45) is 2.08. The van der Waals surface area contributed by atoms with E-state index in [1.165, 1.54) is 45.0 Å². The van der Waals surface area contributed by atoms with E-state index >= 15 is 0 Å². The number of hydrogen-bond acceptors (Lipinski definition) is 2. The van der Waals surface area contributed by atoms with E-state index in [-0.39, 0.29) is 5.97 Å². The van der Waals surface area contributed by atoms with Crippen LogP contribution in [-0.2, 0) is 22.6 Å². The van der Waals surface area contributed by atoms with E-state index in [0.29, 0.717) is 13.0 Å². The third-order valence-corrected chi connectivity index (χ3v) is 8.70. The molecule has 0 aliphatic carbocycles. The van der Waals surface area contributed by atoms with Crippen molar-refractivity contribution in [3.05, 3.63) is 91.1 Å². The molecule has 5 aromatic carbocycles. The van der Waals surface area contributed by atoms with E-state index in [0.717, 1.165) is 18.4 Å². The first-order valence-corrected chi connectivity index (χ1v) is 12.5. The van der Waals surface area contributed by atoms with E-state index in [1.54, 1.807) is 0 Å². The van der Waals surface area contributed by atoms with Gasteiger partial charge in [-0.15, -0.1) is 0 Å². The highest BCUT2D eigenvalue weighted by atomic mass is 127. The molecule has 4 heteroatoms. The average molecular weight is 630 g/mol. The van der Waals surface area contributed by atoms with Crippen molar-refractivity contribution >= 4 is 83.5 Å². The standard InChI is InChI=1S/C27H20I2O2/c28-23-14-7-17(15-24(23)29)16-31-25(30)6-2-3-18-8-9-21-11-10-19-4-1-5-20-12-13-22(18)27(21)26(19)20/h1,4-5,7-15H,2-3,6,16H2. The Balaban J connectivity index is 1.28. The van der Waals surface area contributed by atoms with Crippen molar-refractivity contribution in [2.24, 2.45) is 0 Å². The molecule has 0 aliphatic rings. The molecular formula is C27H20I2O2. The van der Waals surface area contributed by atoms with E-state index in [9.17, 15) is 4.79 Å². The molecule has 0 saturated heterocycles. The van der Waals surface area contributed by atoms with Crippen LogP contribution in [0.5, 0.6) is 0 Å². The number of rotatable bonds is 6. The number of esters is 1. The molecule has 0 spiro atoms. The summed E-state index contributed by atoms with van der Waals surface area (Å²) in [5.41, 5.74) is 2.33. The zero-order chi connectivity index (χ0) is 21.4. The largest absolute Gasteiger partial charge is 0.461 e. The minimum Gasteiger partial charge on any atom is -0.461 e. The number of benzene rings is 5. The maximum atomic E-state index is 12.3. The normalized spacial score (nSPS) is 11.5. The van der Waals surface area contributed by atoms with Crippen molar-refractivity contribution in [1.82, 2.24) is 0 Å². The SMILES string of the molecule is O=C(CCCc1ccc2ccc3cccc4ccc1c2c34)OCc1ccc(I)c(I)c1. The monoisotopic (exact) mass is 630 g/mol. The lowest BCUT2D eigenvalue weighted by Gasteiger charge is -2.14. The minimum absolute atomic E-state index is 0.133. The number of halogens is 2. The molecule has 0 unspecified atom stereocenters. The summed E-state index contributed by atoms with van der Waals surface area (Å²) >= 11 is 4.61. The molecule has 5 aromatic rings. The highest BCUT2D eigenvalue weighted by molar-refractivity contribution is 14.1. The maximum Gasteiger partial charge on any atom is 0.306 e. The first kappa shape index (κ1) is 20.9. The van der Waals surface area contributed by atoms with Gasteiger partial charge >= 0.3 is 5.97 Å². The van der Waals surface area contributed by atoms with Crippen molar-refractivity contribution in [1.29, 1.82) is 0 Å². The van der Waals surface area contributed by atoms with Gasteiger partial charge in [-0.25, -0.2) is 0 Å². The maximum absolute atomic E-state index is 12.3. The van der Waals surface area contributed by atoms with Crippen LogP contribution in [0, 0.1) is 7.14 Å². The fourth-order valence-corrected chi connectivity index (χ4v) is 5.22. The highest BCUT2D eigenvalue weighted by Crippen LogP contribution is 2.36. The van der Waals surface area contributed by atoms with Gasteiger partial charge in [-0.1, -0.05) is 60.7 Å². The van der Waals surface area contributed by atoms with E-state index < -0.39 is 0 Å². The Bertz CT molecular complexity index is 1390. The van der Waals surface area contributed by atoms with Gasteiger partial charge in [0.05, 0.1) is 0 Å². The lowest BCUT2D eigenvalue weighted by Crippen LogP contribution is -2.05. The van der Waals surface area contributed by atoms with Gasteiger partial charge in [0, 0.05) is 13.6 Å². The molecule has 0 saturated carbocycles. The van der Waals surface area contributed by atoms with Crippen LogP contribution in [0.15, 0.2) is 72.8 Å². The van der Waals surface area contributed by atoms with Crippen LogP contribution in [0.4, 0.5) is 0 Å². The molecule has 2 nitrogen and oxygen atoms in total. The fourth-order valence-electron chi connectivity index (χ4n) is 4.30. The Morgan fingerprint density at radius 2 is 1.48 bits per heavy atom. The van der Waals surface area contributed by atoms with E-state index in [4.69, 9.17) is 4.74 Å². The molecular weight excluding hydrogens is 610 g/mol. The van der Waals surface area contributed by atoms with Crippen molar-refractivity contribution in [3.63, 3.8) is 0 Å². The van der Waals surface area contributed by atoms with Crippen LogP contribution < -0.4 is 0 Å². The van der Waals surface area contributed by atoms with Gasteiger partial charge < -0.3 is 4.74 Å². The molecule has 5 rings (SSSR count). The van der Waals surface area contributed by atoms with Gasteiger partial charge in [0.15, 0.2) is 0 Å². The van der Waals surface area contributed by atoms with Gasteiger partial charge in [0.2, 0.25) is 0 Å². The summed E-state index contributed by atoms with van der Waals surface area (Å²) in [6, 6.07) is 25.9. The first-order chi connectivity index (χ1) is 15.1. The summed E-state index contributed by atoms with van der Waals surface area (Å²) < 4.78 is 7.89. The molecule has 0 fully saturated rings.